The molecule has 1 nitrogen and oxygen atoms in total. The average Bonchev–Trinajstić information content (AvgIpc) is 2.85. The Bertz CT molecular complexity index is 507. The second-order valence-corrected chi connectivity index (χ2v) is 5.83. The topological polar surface area (TPSA) is 12.0 Å². The van der Waals surface area contributed by atoms with Gasteiger partial charge >= 0.3 is 0 Å². The van der Waals surface area contributed by atoms with E-state index in [1.807, 2.05) is 36.6 Å². The maximum atomic E-state index is 6.23. The molecule has 1 atom stereocenters. The SMILES string of the molecule is CCCC(NC)c1ccc(-c2ccccc2Cl)s1. The molecule has 0 aliphatic heterocycles. The van der Waals surface area contributed by atoms with Crippen LogP contribution in [0, 0.1) is 0 Å². The lowest BCUT2D eigenvalue weighted by atomic mass is 10.1. The first-order valence-corrected chi connectivity index (χ1v) is 7.47. The van der Waals surface area contributed by atoms with Crippen LogP contribution in [-0.4, -0.2) is 7.05 Å². The molecule has 0 fully saturated rings. The van der Waals surface area contributed by atoms with E-state index in [0.717, 1.165) is 10.6 Å². The Hall–Kier alpha value is -0.830. The molecular formula is C15H18ClNS. The van der Waals surface area contributed by atoms with E-state index in [-0.39, 0.29) is 0 Å². The molecule has 0 amide bonds. The molecule has 1 aromatic heterocycles. The summed E-state index contributed by atoms with van der Waals surface area (Å²) in [7, 11) is 2.02. The van der Waals surface area contributed by atoms with Crippen LogP contribution in [0.15, 0.2) is 36.4 Å². The highest BCUT2D eigenvalue weighted by Gasteiger charge is 2.12. The molecule has 0 aliphatic carbocycles. The molecule has 18 heavy (non-hydrogen) atoms. The molecule has 0 saturated heterocycles. The number of hydrogen-bond acceptors (Lipinski definition) is 2. The highest BCUT2D eigenvalue weighted by Crippen LogP contribution is 2.36. The molecule has 1 heterocycles. The zero-order valence-corrected chi connectivity index (χ0v) is 12.3. The minimum Gasteiger partial charge on any atom is -0.312 e. The number of nitrogens with one attached hydrogen (secondary N) is 1. The molecular weight excluding hydrogens is 262 g/mol. The first-order chi connectivity index (χ1) is 8.76. The maximum absolute atomic E-state index is 6.23. The minimum atomic E-state index is 0.455. The largest absolute Gasteiger partial charge is 0.312 e. The molecule has 1 unspecified atom stereocenters. The molecule has 0 bridgehead atoms. The van der Waals surface area contributed by atoms with Gasteiger partial charge < -0.3 is 5.32 Å². The van der Waals surface area contributed by atoms with E-state index >= 15 is 0 Å². The molecule has 96 valence electrons. The lowest BCUT2D eigenvalue weighted by Crippen LogP contribution is -2.14. The zero-order valence-electron chi connectivity index (χ0n) is 10.7. The minimum absolute atomic E-state index is 0.455. The number of hydrogen-bond donors (Lipinski definition) is 1. The van der Waals surface area contributed by atoms with E-state index in [0.29, 0.717) is 6.04 Å². The summed E-state index contributed by atoms with van der Waals surface area (Å²) in [6, 6.07) is 12.8. The van der Waals surface area contributed by atoms with Crippen LogP contribution in [0.2, 0.25) is 5.02 Å². The Labute approximate surface area is 118 Å². The molecule has 2 rings (SSSR count). The highest BCUT2D eigenvalue weighted by molar-refractivity contribution is 7.15. The monoisotopic (exact) mass is 279 g/mol. The van der Waals surface area contributed by atoms with E-state index in [4.69, 9.17) is 11.6 Å². The third-order valence-electron chi connectivity index (χ3n) is 3.04. The molecule has 0 spiro atoms. The molecule has 2 aromatic rings. The van der Waals surface area contributed by atoms with E-state index in [1.54, 1.807) is 0 Å². The van der Waals surface area contributed by atoms with Crippen molar-refractivity contribution >= 4 is 22.9 Å². The summed E-state index contributed by atoms with van der Waals surface area (Å²) in [5.74, 6) is 0. The van der Waals surface area contributed by atoms with Gasteiger partial charge in [0.1, 0.15) is 0 Å². The quantitative estimate of drug-likeness (QED) is 0.800. The summed E-state index contributed by atoms with van der Waals surface area (Å²) in [5.41, 5.74) is 1.13. The fraction of sp³-hybridized carbons (Fsp3) is 0.333. The van der Waals surface area contributed by atoms with Crippen LogP contribution < -0.4 is 5.32 Å². The summed E-state index contributed by atoms with van der Waals surface area (Å²) >= 11 is 8.06. The second-order valence-electron chi connectivity index (χ2n) is 4.31. The van der Waals surface area contributed by atoms with Crippen LogP contribution in [-0.2, 0) is 0 Å². The molecule has 3 heteroatoms. The molecule has 0 aliphatic rings. The smallest absolute Gasteiger partial charge is 0.0492 e. The van der Waals surface area contributed by atoms with Crippen molar-refractivity contribution in [1.82, 2.24) is 5.32 Å². The van der Waals surface area contributed by atoms with Gasteiger partial charge in [-0.25, -0.2) is 0 Å². The van der Waals surface area contributed by atoms with Crippen LogP contribution in [0.1, 0.15) is 30.7 Å². The summed E-state index contributed by atoms with van der Waals surface area (Å²) in [6.07, 6.45) is 2.35. The Balaban J connectivity index is 2.28. The molecule has 1 N–H and O–H groups in total. The third-order valence-corrected chi connectivity index (χ3v) is 4.60. The van der Waals surface area contributed by atoms with Crippen molar-refractivity contribution < 1.29 is 0 Å². The van der Waals surface area contributed by atoms with Crippen LogP contribution in [0.3, 0.4) is 0 Å². The normalized spacial score (nSPS) is 12.6. The van der Waals surface area contributed by atoms with Crippen molar-refractivity contribution in [3.8, 4) is 10.4 Å². The molecule has 0 saturated carbocycles. The number of thiophene rings is 1. The molecule has 1 aromatic carbocycles. The van der Waals surface area contributed by atoms with E-state index in [2.05, 4.69) is 30.4 Å². The summed E-state index contributed by atoms with van der Waals surface area (Å²) in [4.78, 5) is 2.63. The van der Waals surface area contributed by atoms with Crippen LogP contribution in [0.5, 0.6) is 0 Å². The van der Waals surface area contributed by atoms with Crippen molar-refractivity contribution in [1.29, 1.82) is 0 Å². The van der Waals surface area contributed by atoms with Crippen molar-refractivity contribution in [2.45, 2.75) is 25.8 Å². The first kappa shape index (κ1) is 13.6. The van der Waals surface area contributed by atoms with Crippen LogP contribution in [0.25, 0.3) is 10.4 Å². The Morgan fingerprint density at radius 3 is 2.67 bits per heavy atom. The van der Waals surface area contributed by atoms with Gasteiger partial charge in [0.25, 0.3) is 0 Å². The standard InChI is InChI=1S/C15H18ClNS/c1-3-6-13(17-2)15-10-9-14(18-15)11-7-4-5-8-12(11)16/h4-5,7-10,13,17H,3,6H2,1-2H3. The summed E-state index contributed by atoms with van der Waals surface area (Å²) < 4.78 is 0. The zero-order chi connectivity index (χ0) is 13.0. The van der Waals surface area contributed by atoms with Crippen molar-refractivity contribution in [3.05, 3.63) is 46.3 Å². The average molecular weight is 280 g/mol. The fourth-order valence-corrected chi connectivity index (χ4v) is 3.55. The summed E-state index contributed by atoms with van der Waals surface area (Å²) in [6.45, 7) is 2.22. The Morgan fingerprint density at radius 1 is 1.22 bits per heavy atom. The van der Waals surface area contributed by atoms with E-state index in [1.165, 1.54) is 22.6 Å². The van der Waals surface area contributed by atoms with Crippen molar-refractivity contribution in [2.24, 2.45) is 0 Å². The van der Waals surface area contributed by atoms with E-state index in [9.17, 15) is 0 Å². The van der Waals surface area contributed by atoms with Gasteiger partial charge in [0, 0.05) is 26.4 Å². The van der Waals surface area contributed by atoms with Gasteiger partial charge in [0.05, 0.1) is 0 Å². The van der Waals surface area contributed by atoms with Gasteiger partial charge in [-0.3, -0.25) is 0 Å². The third kappa shape index (κ3) is 2.94. The maximum Gasteiger partial charge on any atom is 0.0492 e. The van der Waals surface area contributed by atoms with Gasteiger partial charge in [-0.2, -0.15) is 0 Å². The fourth-order valence-electron chi connectivity index (χ4n) is 2.06. The van der Waals surface area contributed by atoms with E-state index < -0.39 is 0 Å². The van der Waals surface area contributed by atoms with Crippen LogP contribution >= 0.6 is 22.9 Å². The van der Waals surface area contributed by atoms with Gasteiger partial charge in [-0.05, 0) is 31.7 Å². The number of rotatable bonds is 5. The predicted octanol–water partition coefficient (Wildman–Crippen LogP) is 5.13. The van der Waals surface area contributed by atoms with Gasteiger partial charge in [-0.15, -0.1) is 11.3 Å². The highest BCUT2D eigenvalue weighted by atomic mass is 35.5. The van der Waals surface area contributed by atoms with Gasteiger partial charge in [-0.1, -0.05) is 43.1 Å². The summed E-state index contributed by atoms with van der Waals surface area (Å²) in [5, 5.41) is 4.20. The van der Waals surface area contributed by atoms with Crippen LogP contribution in [0.4, 0.5) is 0 Å². The lowest BCUT2D eigenvalue weighted by Gasteiger charge is -2.12. The van der Waals surface area contributed by atoms with Crippen molar-refractivity contribution in [2.75, 3.05) is 7.05 Å². The first-order valence-electron chi connectivity index (χ1n) is 6.28. The Kier molecular flexibility index (Phi) is 4.81. The number of halogens is 1. The Morgan fingerprint density at radius 2 is 2.00 bits per heavy atom. The number of benzene rings is 1. The predicted molar refractivity (Wildman–Crippen MR) is 81.5 cm³/mol. The van der Waals surface area contributed by atoms with Gasteiger partial charge in [0.2, 0.25) is 0 Å². The lowest BCUT2D eigenvalue weighted by molar-refractivity contribution is 0.550. The van der Waals surface area contributed by atoms with Gasteiger partial charge in [0.15, 0.2) is 0 Å². The molecule has 0 radical (unpaired) electrons. The van der Waals surface area contributed by atoms with Crippen molar-refractivity contribution in [3.63, 3.8) is 0 Å². The second kappa shape index (κ2) is 6.37.